The normalized spacial score (nSPS) is 10.6. The van der Waals surface area contributed by atoms with Crippen molar-refractivity contribution in [1.29, 1.82) is 0 Å². The Morgan fingerprint density at radius 2 is 1.61 bits per heavy atom. The number of carbonyl (C=O) groups is 1. The molecule has 0 bridgehead atoms. The first-order valence-corrected chi connectivity index (χ1v) is 7.28. The molecule has 0 saturated carbocycles. The van der Waals surface area contributed by atoms with Crippen LogP contribution in [-0.4, -0.2) is 21.0 Å². The van der Waals surface area contributed by atoms with Gasteiger partial charge < -0.3 is 5.32 Å². The molecule has 3 rings (SSSR count). The molecule has 0 fully saturated rings. The summed E-state index contributed by atoms with van der Waals surface area (Å²) >= 11 is 0. The van der Waals surface area contributed by atoms with Crippen LogP contribution < -0.4 is 10.6 Å². The zero-order valence-corrected chi connectivity index (χ0v) is 13.2. The number of anilines is 2. The van der Waals surface area contributed by atoms with Crippen molar-refractivity contribution in [3.63, 3.8) is 0 Å². The summed E-state index contributed by atoms with van der Waals surface area (Å²) in [5, 5.41) is 5.48. The fraction of sp³-hybridized carbons (Fsp3) is 0.176. The van der Waals surface area contributed by atoms with E-state index in [1.165, 1.54) is 0 Å². The maximum atomic E-state index is 12.1. The second-order valence-corrected chi connectivity index (χ2v) is 5.34. The molecule has 2 aromatic heterocycles. The third-order valence-corrected chi connectivity index (χ3v) is 3.46. The summed E-state index contributed by atoms with van der Waals surface area (Å²) in [6, 6.07) is 10.6. The number of urea groups is 1. The second-order valence-electron chi connectivity index (χ2n) is 5.34. The van der Waals surface area contributed by atoms with Crippen LogP contribution in [0.2, 0.25) is 0 Å². The van der Waals surface area contributed by atoms with E-state index >= 15 is 0 Å². The van der Waals surface area contributed by atoms with E-state index in [0.29, 0.717) is 11.5 Å². The Hall–Kier alpha value is -3.02. The number of pyridine rings is 1. The molecule has 0 aliphatic heterocycles. The van der Waals surface area contributed by atoms with Gasteiger partial charge in [0.2, 0.25) is 0 Å². The number of fused-ring (bicyclic) bond motifs is 1. The van der Waals surface area contributed by atoms with E-state index < -0.39 is 0 Å². The Kier molecular flexibility index (Phi) is 3.89. The zero-order valence-electron chi connectivity index (χ0n) is 13.2. The van der Waals surface area contributed by atoms with Gasteiger partial charge in [0.25, 0.3) is 0 Å². The number of aryl methyl sites for hydroxylation is 3. The Bertz CT molecular complexity index is 891. The SMILES string of the molecule is Cc1cccc(NC(=O)Nc2ccc3nc(C)c(C)nc3c2)n1. The Morgan fingerprint density at radius 3 is 2.35 bits per heavy atom. The minimum absolute atomic E-state index is 0.348. The molecule has 23 heavy (non-hydrogen) atoms. The molecule has 1 aromatic carbocycles. The van der Waals surface area contributed by atoms with Crippen molar-refractivity contribution in [2.45, 2.75) is 20.8 Å². The van der Waals surface area contributed by atoms with Gasteiger partial charge in [-0.25, -0.2) is 19.7 Å². The highest BCUT2D eigenvalue weighted by molar-refractivity contribution is 6.00. The number of amides is 2. The number of nitrogens with one attached hydrogen (secondary N) is 2. The molecule has 6 nitrogen and oxygen atoms in total. The molecular weight excluding hydrogens is 290 g/mol. The number of hydrogen-bond acceptors (Lipinski definition) is 4. The van der Waals surface area contributed by atoms with Crippen LogP contribution in [-0.2, 0) is 0 Å². The molecule has 2 N–H and O–H groups in total. The van der Waals surface area contributed by atoms with Crippen molar-refractivity contribution in [3.05, 3.63) is 53.5 Å². The summed E-state index contributed by atoms with van der Waals surface area (Å²) in [7, 11) is 0. The lowest BCUT2D eigenvalue weighted by molar-refractivity contribution is 0.262. The van der Waals surface area contributed by atoms with Crippen molar-refractivity contribution in [1.82, 2.24) is 15.0 Å². The number of benzene rings is 1. The lowest BCUT2D eigenvalue weighted by atomic mass is 10.2. The van der Waals surface area contributed by atoms with Crippen LogP contribution in [0.3, 0.4) is 0 Å². The molecule has 3 aromatic rings. The molecule has 0 radical (unpaired) electrons. The highest BCUT2D eigenvalue weighted by Crippen LogP contribution is 2.18. The minimum Gasteiger partial charge on any atom is -0.308 e. The van der Waals surface area contributed by atoms with E-state index in [1.807, 2.05) is 39.0 Å². The average molecular weight is 307 g/mol. The van der Waals surface area contributed by atoms with E-state index in [1.54, 1.807) is 18.2 Å². The first-order chi connectivity index (χ1) is 11.0. The molecule has 0 aliphatic carbocycles. The Labute approximate surface area is 134 Å². The first kappa shape index (κ1) is 14.9. The van der Waals surface area contributed by atoms with Gasteiger partial charge in [0.05, 0.1) is 22.4 Å². The maximum Gasteiger partial charge on any atom is 0.324 e. The van der Waals surface area contributed by atoms with Crippen molar-refractivity contribution in [2.24, 2.45) is 0 Å². The molecule has 0 spiro atoms. The van der Waals surface area contributed by atoms with Crippen LogP contribution in [0.5, 0.6) is 0 Å². The standard InChI is InChI=1S/C17H17N5O/c1-10-5-4-6-16(18-10)22-17(23)21-13-7-8-14-15(9-13)20-12(3)11(2)19-14/h4-9H,1-3H3,(H2,18,21,22,23). The lowest BCUT2D eigenvalue weighted by Gasteiger charge is -2.09. The first-order valence-electron chi connectivity index (χ1n) is 7.28. The van der Waals surface area contributed by atoms with Crippen molar-refractivity contribution >= 4 is 28.6 Å². The van der Waals surface area contributed by atoms with Gasteiger partial charge in [0.1, 0.15) is 5.82 Å². The Balaban J connectivity index is 1.78. The smallest absolute Gasteiger partial charge is 0.308 e. The van der Waals surface area contributed by atoms with E-state index in [9.17, 15) is 4.79 Å². The number of nitrogens with zero attached hydrogens (tertiary/aromatic N) is 3. The number of aromatic nitrogens is 3. The van der Waals surface area contributed by atoms with Crippen LogP contribution in [0.4, 0.5) is 16.3 Å². The van der Waals surface area contributed by atoms with E-state index in [2.05, 4.69) is 25.6 Å². The van der Waals surface area contributed by atoms with Gasteiger partial charge in [-0.15, -0.1) is 0 Å². The number of rotatable bonds is 2. The molecule has 0 atom stereocenters. The highest BCUT2D eigenvalue weighted by atomic mass is 16.2. The Morgan fingerprint density at radius 1 is 0.870 bits per heavy atom. The predicted molar refractivity (Wildman–Crippen MR) is 90.6 cm³/mol. The fourth-order valence-electron chi connectivity index (χ4n) is 2.20. The highest BCUT2D eigenvalue weighted by Gasteiger charge is 2.06. The van der Waals surface area contributed by atoms with Crippen LogP contribution in [0.1, 0.15) is 17.1 Å². The molecular formula is C17H17N5O. The van der Waals surface area contributed by atoms with Gasteiger partial charge >= 0.3 is 6.03 Å². The molecule has 0 unspecified atom stereocenters. The minimum atomic E-state index is -0.348. The summed E-state index contributed by atoms with van der Waals surface area (Å²) in [5.74, 6) is 0.509. The van der Waals surface area contributed by atoms with Gasteiger partial charge in [-0.2, -0.15) is 0 Å². The molecule has 2 amide bonds. The summed E-state index contributed by atoms with van der Waals surface area (Å²) < 4.78 is 0. The molecule has 116 valence electrons. The molecule has 2 heterocycles. The summed E-state index contributed by atoms with van der Waals surface area (Å²) in [6.07, 6.45) is 0. The molecule has 0 saturated heterocycles. The van der Waals surface area contributed by atoms with E-state index in [4.69, 9.17) is 0 Å². The summed E-state index contributed by atoms with van der Waals surface area (Å²) in [6.45, 7) is 5.71. The topological polar surface area (TPSA) is 79.8 Å². The van der Waals surface area contributed by atoms with E-state index in [0.717, 1.165) is 28.1 Å². The third-order valence-electron chi connectivity index (χ3n) is 3.46. The van der Waals surface area contributed by atoms with Crippen LogP contribution in [0.15, 0.2) is 36.4 Å². The fourth-order valence-corrected chi connectivity index (χ4v) is 2.20. The zero-order chi connectivity index (χ0) is 16.4. The van der Waals surface area contributed by atoms with Gasteiger partial charge in [-0.3, -0.25) is 5.32 Å². The number of hydrogen-bond donors (Lipinski definition) is 2. The van der Waals surface area contributed by atoms with Crippen LogP contribution in [0.25, 0.3) is 11.0 Å². The predicted octanol–water partition coefficient (Wildman–Crippen LogP) is 3.59. The van der Waals surface area contributed by atoms with E-state index in [-0.39, 0.29) is 6.03 Å². The summed E-state index contributed by atoms with van der Waals surface area (Å²) in [5.41, 5.74) is 4.83. The molecule has 6 heteroatoms. The third kappa shape index (κ3) is 3.42. The van der Waals surface area contributed by atoms with Crippen molar-refractivity contribution in [3.8, 4) is 0 Å². The lowest BCUT2D eigenvalue weighted by Crippen LogP contribution is -2.20. The second kappa shape index (κ2) is 6.00. The van der Waals surface area contributed by atoms with Crippen LogP contribution in [0, 0.1) is 20.8 Å². The summed E-state index contributed by atoms with van der Waals surface area (Å²) in [4.78, 5) is 25.2. The van der Waals surface area contributed by atoms with Crippen molar-refractivity contribution < 1.29 is 4.79 Å². The number of carbonyl (C=O) groups excluding carboxylic acids is 1. The average Bonchev–Trinajstić information content (AvgIpc) is 2.48. The maximum absolute atomic E-state index is 12.1. The van der Waals surface area contributed by atoms with Gasteiger partial charge in [-0.1, -0.05) is 6.07 Å². The van der Waals surface area contributed by atoms with Gasteiger partial charge in [0.15, 0.2) is 0 Å². The monoisotopic (exact) mass is 307 g/mol. The van der Waals surface area contributed by atoms with Crippen molar-refractivity contribution in [2.75, 3.05) is 10.6 Å². The van der Waals surface area contributed by atoms with Gasteiger partial charge in [-0.05, 0) is 51.1 Å². The molecule has 0 aliphatic rings. The van der Waals surface area contributed by atoms with Gasteiger partial charge in [0, 0.05) is 11.4 Å². The largest absolute Gasteiger partial charge is 0.324 e. The quantitative estimate of drug-likeness (QED) is 0.758. The van der Waals surface area contributed by atoms with Crippen LogP contribution >= 0.6 is 0 Å².